The molecule has 1 atom stereocenters. The average Bonchev–Trinajstić information content (AvgIpc) is 2.63. The summed E-state index contributed by atoms with van der Waals surface area (Å²) < 4.78 is 11.4. The van der Waals surface area contributed by atoms with E-state index in [2.05, 4.69) is 4.98 Å². The molecule has 0 bridgehead atoms. The Morgan fingerprint density at radius 1 is 1.45 bits per heavy atom. The van der Waals surface area contributed by atoms with E-state index in [1.807, 2.05) is 17.0 Å². The van der Waals surface area contributed by atoms with Crippen molar-refractivity contribution in [1.82, 2.24) is 9.88 Å². The van der Waals surface area contributed by atoms with Crippen molar-refractivity contribution in [3.63, 3.8) is 0 Å². The van der Waals surface area contributed by atoms with Gasteiger partial charge in [0.15, 0.2) is 0 Å². The number of pyridine rings is 1. The van der Waals surface area contributed by atoms with Crippen molar-refractivity contribution in [2.75, 3.05) is 26.3 Å². The Balaban J connectivity index is 1.61. The quantitative estimate of drug-likeness (QED) is 0.839. The van der Waals surface area contributed by atoms with E-state index in [4.69, 9.17) is 9.47 Å². The van der Waals surface area contributed by atoms with Crippen LogP contribution in [0.2, 0.25) is 0 Å². The molecule has 2 heterocycles. The molecule has 1 amide bonds. The first-order valence-electron chi connectivity index (χ1n) is 7.26. The van der Waals surface area contributed by atoms with Gasteiger partial charge in [-0.1, -0.05) is 6.42 Å². The van der Waals surface area contributed by atoms with Crippen LogP contribution in [0.5, 0.6) is 5.75 Å². The van der Waals surface area contributed by atoms with Crippen LogP contribution in [0.1, 0.15) is 19.3 Å². The summed E-state index contributed by atoms with van der Waals surface area (Å²) in [6, 6.07) is 3.71. The van der Waals surface area contributed by atoms with Crippen LogP contribution >= 0.6 is 0 Å². The molecule has 0 aromatic carbocycles. The summed E-state index contributed by atoms with van der Waals surface area (Å²) in [6.07, 6.45) is 6.52. The molecule has 1 aromatic heterocycles. The molecule has 0 spiro atoms. The Labute approximate surface area is 118 Å². The van der Waals surface area contributed by atoms with Crippen molar-refractivity contribution in [3.05, 3.63) is 24.5 Å². The number of hydrogen-bond donors (Lipinski definition) is 0. The van der Waals surface area contributed by atoms with Gasteiger partial charge in [0, 0.05) is 18.7 Å². The highest BCUT2D eigenvalue weighted by atomic mass is 16.5. The second-order valence-electron chi connectivity index (χ2n) is 5.42. The van der Waals surface area contributed by atoms with E-state index < -0.39 is 0 Å². The highest BCUT2D eigenvalue weighted by Gasteiger charge is 2.32. The molecule has 108 valence electrons. The van der Waals surface area contributed by atoms with Gasteiger partial charge >= 0.3 is 0 Å². The van der Waals surface area contributed by atoms with Gasteiger partial charge in [-0.3, -0.25) is 9.78 Å². The van der Waals surface area contributed by atoms with Gasteiger partial charge in [0.2, 0.25) is 5.91 Å². The number of carbonyl (C=O) groups excluding carboxylic acids is 1. The largest absolute Gasteiger partial charge is 0.485 e. The second-order valence-corrected chi connectivity index (χ2v) is 5.42. The van der Waals surface area contributed by atoms with Crippen molar-refractivity contribution in [1.29, 1.82) is 0 Å². The van der Waals surface area contributed by atoms with Crippen molar-refractivity contribution in [2.24, 2.45) is 5.92 Å². The normalized spacial score (nSPS) is 23.8. The number of aromatic nitrogens is 1. The molecule has 2 aliphatic rings. The highest BCUT2D eigenvalue weighted by molar-refractivity contribution is 5.79. The average molecular weight is 276 g/mol. The molecule has 5 nitrogen and oxygen atoms in total. The van der Waals surface area contributed by atoms with E-state index in [-0.39, 0.29) is 17.9 Å². The lowest BCUT2D eigenvalue weighted by molar-refractivity contribution is -0.138. The summed E-state index contributed by atoms with van der Waals surface area (Å²) in [6.45, 7) is 2.38. The minimum Gasteiger partial charge on any atom is -0.485 e. The Kier molecular flexibility index (Phi) is 4.16. The predicted molar refractivity (Wildman–Crippen MR) is 73.4 cm³/mol. The maximum Gasteiger partial charge on any atom is 0.225 e. The number of carbonyl (C=O) groups is 1. The Morgan fingerprint density at radius 3 is 3.05 bits per heavy atom. The fraction of sp³-hybridized carbons (Fsp3) is 0.600. The van der Waals surface area contributed by atoms with Crippen molar-refractivity contribution in [3.8, 4) is 5.75 Å². The summed E-state index contributed by atoms with van der Waals surface area (Å²) in [5.74, 6) is 1.22. The number of amides is 1. The zero-order valence-electron chi connectivity index (χ0n) is 11.5. The second kappa shape index (κ2) is 6.22. The van der Waals surface area contributed by atoms with Crippen molar-refractivity contribution < 1.29 is 14.3 Å². The smallest absolute Gasteiger partial charge is 0.225 e. The lowest BCUT2D eigenvalue weighted by atomic mass is 9.84. The van der Waals surface area contributed by atoms with Gasteiger partial charge in [-0.25, -0.2) is 0 Å². The summed E-state index contributed by atoms with van der Waals surface area (Å²) in [7, 11) is 0. The van der Waals surface area contributed by atoms with E-state index in [1.54, 1.807) is 12.4 Å². The van der Waals surface area contributed by atoms with E-state index in [0.29, 0.717) is 26.3 Å². The third-order valence-corrected chi connectivity index (χ3v) is 3.94. The van der Waals surface area contributed by atoms with Gasteiger partial charge in [0.1, 0.15) is 11.9 Å². The summed E-state index contributed by atoms with van der Waals surface area (Å²) in [5, 5.41) is 0. The molecule has 1 unspecified atom stereocenters. The molecule has 0 N–H and O–H groups in total. The third-order valence-electron chi connectivity index (χ3n) is 3.94. The van der Waals surface area contributed by atoms with Gasteiger partial charge < -0.3 is 14.4 Å². The van der Waals surface area contributed by atoms with Crippen LogP contribution in [0.25, 0.3) is 0 Å². The first kappa shape index (κ1) is 13.4. The molecule has 1 aromatic rings. The van der Waals surface area contributed by atoms with Crippen LogP contribution in [0.3, 0.4) is 0 Å². The minimum atomic E-state index is -0.120. The molecule has 0 radical (unpaired) electrons. The maximum atomic E-state index is 12.3. The molecule has 20 heavy (non-hydrogen) atoms. The van der Waals surface area contributed by atoms with Crippen LogP contribution in [0.15, 0.2) is 24.5 Å². The van der Waals surface area contributed by atoms with Crippen LogP contribution < -0.4 is 4.74 Å². The van der Waals surface area contributed by atoms with E-state index in [1.165, 1.54) is 6.42 Å². The zero-order chi connectivity index (χ0) is 13.8. The summed E-state index contributed by atoms with van der Waals surface area (Å²) in [5.41, 5.74) is 0. The van der Waals surface area contributed by atoms with Gasteiger partial charge in [0.05, 0.1) is 26.0 Å². The highest BCUT2D eigenvalue weighted by Crippen LogP contribution is 2.28. The first-order chi connectivity index (χ1) is 9.83. The fourth-order valence-electron chi connectivity index (χ4n) is 2.57. The first-order valence-corrected chi connectivity index (χ1v) is 7.26. The lowest BCUT2D eigenvalue weighted by Gasteiger charge is -2.31. The molecular weight excluding hydrogens is 256 g/mol. The summed E-state index contributed by atoms with van der Waals surface area (Å²) >= 11 is 0. The number of hydrogen-bond acceptors (Lipinski definition) is 4. The van der Waals surface area contributed by atoms with E-state index in [0.717, 1.165) is 18.6 Å². The third kappa shape index (κ3) is 3.10. The van der Waals surface area contributed by atoms with Crippen molar-refractivity contribution in [2.45, 2.75) is 25.4 Å². The molecular formula is C15H20N2O3. The van der Waals surface area contributed by atoms with Crippen LogP contribution in [0, 0.1) is 5.92 Å². The van der Waals surface area contributed by atoms with Crippen molar-refractivity contribution >= 4 is 5.91 Å². The maximum absolute atomic E-state index is 12.3. The molecule has 1 saturated heterocycles. The van der Waals surface area contributed by atoms with Gasteiger partial charge in [-0.05, 0) is 25.0 Å². The Morgan fingerprint density at radius 2 is 2.35 bits per heavy atom. The van der Waals surface area contributed by atoms with Gasteiger partial charge in [0.25, 0.3) is 0 Å². The number of rotatable bonds is 3. The number of ether oxygens (including phenoxy) is 2. The molecule has 1 aliphatic heterocycles. The lowest BCUT2D eigenvalue weighted by Crippen LogP contribution is -2.44. The molecule has 2 fully saturated rings. The van der Waals surface area contributed by atoms with Crippen LogP contribution in [-0.4, -0.2) is 48.2 Å². The standard InChI is InChI=1S/C15H20N2O3/c18-15(12-3-1-4-12)17-7-8-19-11-14(10-17)20-13-5-2-6-16-9-13/h2,5-6,9,12,14H,1,3-4,7-8,10-11H2. The van der Waals surface area contributed by atoms with Gasteiger partial charge in [-0.15, -0.1) is 0 Å². The van der Waals surface area contributed by atoms with E-state index in [9.17, 15) is 4.79 Å². The van der Waals surface area contributed by atoms with Crippen LogP contribution in [0.4, 0.5) is 0 Å². The van der Waals surface area contributed by atoms with Gasteiger partial charge in [-0.2, -0.15) is 0 Å². The minimum absolute atomic E-state index is 0.120. The zero-order valence-corrected chi connectivity index (χ0v) is 11.5. The molecule has 5 heteroatoms. The molecule has 1 saturated carbocycles. The molecule has 3 rings (SSSR count). The predicted octanol–water partition coefficient (Wildman–Crippen LogP) is 1.49. The van der Waals surface area contributed by atoms with E-state index >= 15 is 0 Å². The topological polar surface area (TPSA) is 51.7 Å². The van der Waals surface area contributed by atoms with Crippen LogP contribution in [-0.2, 0) is 9.53 Å². The Bertz CT molecular complexity index is 448. The Hall–Kier alpha value is -1.62. The molecule has 1 aliphatic carbocycles. The fourth-order valence-corrected chi connectivity index (χ4v) is 2.57. The number of nitrogens with zero attached hydrogens (tertiary/aromatic N) is 2. The summed E-state index contributed by atoms with van der Waals surface area (Å²) in [4.78, 5) is 18.3. The monoisotopic (exact) mass is 276 g/mol. The SMILES string of the molecule is O=C(C1CCC1)N1CCOCC(Oc2cccnc2)C1.